The van der Waals surface area contributed by atoms with Gasteiger partial charge < -0.3 is 20.7 Å². The highest BCUT2D eigenvalue weighted by Crippen LogP contribution is 2.32. The first-order valence-electron chi connectivity index (χ1n) is 10.9. The second-order valence-electron chi connectivity index (χ2n) is 7.60. The molecule has 0 fully saturated rings. The summed E-state index contributed by atoms with van der Waals surface area (Å²) in [5.41, 5.74) is 0.147. The Kier molecular flexibility index (Phi) is 9.02. The smallest absolute Gasteiger partial charge is 0.416 e. The molecular weight excluding hydrogens is 497 g/mol. The van der Waals surface area contributed by atoms with Crippen LogP contribution in [-0.4, -0.2) is 32.3 Å². The Morgan fingerprint density at radius 1 is 0.944 bits per heavy atom. The van der Waals surface area contributed by atoms with Crippen LogP contribution in [0.5, 0.6) is 5.75 Å². The van der Waals surface area contributed by atoms with Gasteiger partial charge in [-0.15, -0.1) is 0 Å². The van der Waals surface area contributed by atoms with Gasteiger partial charge in [-0.1, -0.05) is 23.7 Å². The van der Waals surface area contributed by atoms with Crippen molar-refractivity contribution in [2.24, 2.45) is 0 Å². The van der Waals surface area contributed by atoms with E-state index in [9.17, 15) is 22.8 Å². The van der Waals surface area contributed by atoms with Crippen molar-refractivity contribution in [3.63, 3.8) is 0 Å². The number of benzene rings is 3. The lowest BCUT2D eigenvalue weighted by Gasteiger charge is -2.24. The quantitative estimate of drug-likeness (QED) is 0.292. The van der Waals surface area contributed by atoms with E-state index in [0.717, 1.165) is 12.1 Å². The van der Waals surface area contributed by atoms with Crippen LogP contribution in [0.15, 0.2) is 72.8 Å². The minimum Gasteiger partial charge on any atom is -0.497 e. The molecule has 0 aromatic heterocycles. The molecule has 0 atom stereocenters. The van der Waals surface area contributed by atoms with Gasteiger partial charge in [0.15, 0.2) is 0 Å². The topological polar surface area (TPSA) is 82.7 Å². The summed E-state index contributed by atoms with van der Waals surface area (Å²) in [4.78, 5) is 26.4. The number of carbonyl (C=O) groups excluding carboxylic acids is 2. The number of anilines is 3. The van der Waals surface area contributed by atoms with Gasteiger partial charge in [0, 0.05) is 41.2 Å². The first-order valence-corrected chi connectivity index (χ1v) is 11.2. The number of methoxy groups -OCH3 is 1. The second kappa shape index (κ2) is 12.2. The van der Waals surface area contributed by atoms with E-state index in [1.165, 1.54) is 24.1 Å². The molecule has 0 bridgehead atoms. The number of alkyl halides is 3. The van der Waals surface area contributed by atoms with Crippen LogP contribution in [-0.2, 0) is 6.18 Å². The molecule has 3 N–H and O–H groups in total. The third-order valence-corrected chi connectivity index (χ3v) is 5.25. The van der Waals surface area contributed by atoms with E-state index in [1.54, 1.807) is 48.5 Å². The summed E-state index contributed by atoms with van der Waals surface area (Å²) >= 11 is 5.87. The average molecular weight is 521 g/mol. The van der Waals surface area contributed by atoms with E-state index in [-0.39, 0.29) is 25.2 Å². The largest absolute Gasteiger partial charge is 0.497 e. The molecule has 0 unspecified atom stereocenters. The van der Waals surface area contributed by atoms with Gasteiger partial charge in [0.1, 0.15) is 5.75 Å². The molecule has 0 heterocycles. The normalized spacial score (nSPS) is 10.9. The highest BCUT2D eigenvalue weighted by molar-refractivity contribution is 6.30. The van der Waals surface area contributed by atoms with Crippen LogP contribution in [0.1, 0.15) is 12.0 Å². The Morgan fingerprint density at radius 2 is 1.67 bits per heavy atom. The maximum atomic E-state index is 13.2. The Bertz CT molecular complexity index is 1190. The van der Waals surface area contributed by atoms with Crippen molar-refractivity contribution in [1.29, 1.82) is 0 Å². The van der Waals surface area contributed by atoms with E-state index in [0.29, 0.717) is 22.1 Å². The first-order chi connectivity index (χ1) is 17.2. The molecule has 3 rings (SSSR count). The number of carbonyl (C=O) groups is 2. The standard InChI is InChI=1S/C25H24ClF3N4O3/c1-36-22-8-3-6-20(16-22)31-23(34)30-13-4-14-33(21-7-2-5-17(15-21)25(27,28)29)24(35)32-19-11-9-18(26)10-12-19/h2-3,5-12,15-16H,4,13-14H2,1H3,(H,32,35)(H2,30,31,34). The summed E-state index contributed by atoms with van der Waals surface area (Å²) in [5.74, 6) is 0.580. The number of amides is 4. The Morgan fingerprint density at radius 3 is 2.36 bits per heavy atom. The summed E-state index contributed by atoms with van der Waals surface area (Å²) in [6, 6.07) is 16.5. The van der Waals surface area contributed by atoms with Crippen LogP contribution < -0.4 is 25.6 Å². The average Bonchev–Trinajstić information content (AvgIpc) is 2.85. The number of rotatable bonds is 8. The van der Waals surface area contributed by atoms with Crippen LogP contribution in [0, 0.1) is 0 Å². The third kappa shape index (κ3) is 7.81. The third-order valence-electron chi connectivity index (χ3n) is 5.00. The van der Waals surface area contributed by atoms with Crippen LogP contribution in [0.4, 0.5) is 39.8 Å². The molecule has 7 nitrogen and oxygen atoms in total. The number of nitrogens with zero attached hydrogens (tertiary/aromatic N) is 1. The van der Waals surface area contributed by atoms with E-state index in [4.69, 9.17) is 16.3 Å². The summed E-state index contributed by atoms with van der Waals surface area (Å²) in [5, 5.41) is 8.45. The van der Waals surface area contributed by atoms with E-state index in [1.807, 2.05) is 0 Å². The minimum absolute atomic E-state index is 0.0418. The molecule has 0 aliphatic carbocycles. The predicted octanol–water partition coefficient (Wildman–Crippen LogP) is 6.62. The highest BCUT2D eigenvalue weighted by atomic mass is 35.5. The fourth-order valence-corrected chi connectivity index (χ4v) is 3.36. The number of urea groups is 2. The van der Waals surface area contributed by atoms with Gasteiger partial charge in [-0.2, -0.15) is 13.2 Å². The zero-order chi connectivity index (χ0) is 26.1. The van der Waals surface area contributed by atoms with E-state index < -0.39 is 23.8 Å². The first kappa shape index (κ1) is 26.7. The molecule has 0 saturated carbocycles. The summed E-state index contributed by atoms with van der Waals surface area (Å²) < 4.78 is 44.8. The molecule has 0 spiro atoms. The summed E-state index contributed by atoms with van der Waals surface area (Å²) in [6.45, 7) is 0.208. The monoisotopic (exact) mass is 520 g/mol. The van der Waals surface area contributed by atoms with Crippen molar-refractivity contribution in [3.8, 4) is 5.75 Å². The molecule has 3 aromatic carbocycles. The molecule has 4 amide bonds. The fourth-order valence-electron chi connectivity index (χ4n) is 3.24. The predicted molar refractivity (Wildman–Crippen MR) is 134 cm³/mol. The van der Waals surface area contributed by atoms with Gasteiger partial charge in [0.05, 0.1) is 12.7 Å². The van der Waals surface area contributed by atoms with Gasteiger partial charge in [0.2, 0.25) is 0 Å². The maximum absolute atomic E-state index is 13.2. The lowest BCUT2D eigenvalue weighted by Crippen LogP contribution is -2.38. The molecule has 0 aliphatic rings. The maximum Gasteiger partial charge on any atom is 0.416 e. The van der Waals surface area contributed by atoms with Gasteiger partial charge >= 0.3 is 18.2 Å². The molecule has 36 heavy (non-hydrogen) atoms. The van der Waals surface area contributed by atoms with Crippen molar-refractivity contribution in [2.75, 3.05) is 35.7 Å². The fraction of sp³-hybridized carbons (Fsp3) is 0.200. The second-order valence-corrected chi connectivity index (χ2v) is 8.04. The van der Waals surface area contributed by atoms with Crippen LogP contribution in [0.2, 0.25) is 5.02 Å². The number of hydrogen-bond donors (Lipinski definition) is 3. The van der Waals surface area contributed by atoms with E-state index >= 15 is 0 Å². The van der Waals surface area contributed by atoms with Gasteiger partial charge in [0.25, 0.3) is 0 Å². The zero-order valence-electron chi connectivity index (χ0n) is 19.2. The van der Waals surface area contributed by atoms with E-state index in [2.05, 4.69) is 16.0 Å². The lowest BCUT2D eigenvalue weighted by molar-refractivity contribution is -0.137. The molecule has 0 saturated heterocycles. The van der Waals surface area contributed by atoms with Gasteiger partial charge in [-0.3, -0.25) is 4.90 Å². The Hall–Kier alpha value is -3.92. The number of nitrogens with one attached hydrogen (secondary N) is 3. The van der Waals surface area contributed by atoms with Gasteiger partial charge in [-0.25, -0.2) is 9.59 Å². The molecule has 3 aromatic rings. The molecule has 0 aliphatic heterocycles. The van der Waals surface area contributed by atoms with Crippen LogP contribution >= 0.6 is 11.6 Å². The van der Waals surface area contributed by atoms with Crippen molar-refractivity contribution in [1.82, 2.24) is 5.32 Å². The minimum atomic E-state index is -4.56. The molecule has 11 heteroatoms. The number of halogens is 4. The number of hydrogen-bond acceptors (Lipinski definition) is 3. The molecular formula is C25H24ClF3N4O3. The SMILES string of the molecule is COc1cccc(NC(=O)NCCCN(C(=O)Nc2ccc(Cl)cc2)c2cccc(C(F)(F)F)c2)c1. The highest BCUT2D eigenvalue weighted by Gasteiger charge is 2.31. The van der Waals surface area contributed by atoms with Gasteiger partial charge in [-0.05, 0) is 61.0 Å². The molecule has 0 radical (unpaired) electrons. The van der Waals surface area contributed by atoms with Crippen LogP contribution in [0.25, 0.3) is 0 Å². The summed E-state index contributed by atoms with van der Waals surface area (Å²) in [6.07, 6.45) is -4.29. The van der Waals surface area contributed by atoms with Crippen molar-refractivity contribution >= 4 is 40.7 Å². The van der Waals surface area contributed by atoms with Crippen molar-refractivity contribution in [3.05, 3.63) is 83.4 Å². The zero-order valence-corrected chi connectivity index (χ0v) is 20.0. The van der Waals surface area contributed by atoms with Crippen molar-refractivity contribution < 1.29 is 27.5 Å². The number of ether oxygens (including phenoxy) is 1. The summed E-state index contributed by atoms with van der Waals surface area (Å²) in [7, 11) is 1.51. The Labute approximate surface area is 211 Å². The lowest BCUT2D eigenvalue weighted by atomic mass is 10.1. The van der Waals surface area contributed by atoms with Crippen LogP contribution in [0.3, 0.4) is 0 Å². The van der Waals surface area contributed by atoms with Crippen molar-refractivity contribution in [2.45, 2.75) is 12.6 Å². The Balaban J connectivity index is 1.65. The molecule has 190 valence electrons.